The van der Waals surface area contributed by atoms with Crippen molar-refractivity contribution in [3.05, 3.63) is 60.2 Å². The van der Waals surface area contributed by atoms with Gasteiger partial charge < -0.3 is 15.0 Å². The molecule has 2 rings (SSSR count). The Balaban J connectivity index is 1.83. The predicted octanol–water partition coefficient (Wildman–Crippen LogP) is 3.46. The molecule has 0 heterocycles. The Morgan fingerprint density at radius 2 is 1.60 bits per heavy atom. The Hall–Kier alpha value is -2.82. The highest BCUT2D eigenvalue weighted by Gasteiger charge is 2.14. The number of amides is 2. The van der Waals surface area contributed by atoms with Crippen molar-refractivity contribution < 1.29 is 14.3 Å². The second-order valence-electron chi connectivity index (χ2n) is 5.59. The third kappa shape index (κ3) is 5.95. The number of benzene rings is 2. The lowest BCUT2D eigenvalue weighted by Gasteiger charge is -2.18. The van der Waals surface area contributed by atoms with E-state index in [1.165, 1.54) is 0 Å². The first-order valence-corrected chi connectivity index (χ1v) is 8.46. The van der Waals surface area contributed by atoms with E-state index < -0.39 is 0 Å². The Kier molecular flexibility index (Phi) is 7.01. The summed E-state index contributed by atoms with van der Waals surface area (Å²) in [5.74, 6) is 0.251. The first-order chi connectivity index (χ1) is 12.1. The lowest BCUT2D eigenvalue weighted by Crippen LogP contribution is -2.33. The van der Waals surface area contributed by atoms with Gasteiger partial charge in [0.05, 0.1) is 0 Å². The van der Waals surface area contributed by atoms with Gasteiger partial charge in [0.1, 0.15) is 18.8 Å². The molecule has 2 amide bonds. The molecule has 1 N–H and O–H groups in total. The van der Waals surface area contributed by atoms with Crippen molar-refractivity contribution in [3.63, 3.8) is 0 Å². The molecule has 0 saturated heterocycles. The summed E-state index contributed by atoms with van der Waals surface area (Å²) in [6, 6.07) is 17.0. The van der Waals surface area contributed by atoms with Crippen molar-refractivity contribution in [2.24, 2.45) is 0 Å². The van der Waals surface area contributed by atoms with Gasteiger partial charge in [-0.15, -0.1) is 0 Å². The molecule has 0 spiro atoms. The van der Waals surface area contributed by atoms with Gasteiger partial charge >= 0.3 is 0 Å². The largest absolute Gasteiger partial charge is 0.489 e. The normalized spacial score (nSPS) is 10.2. The molecule has 132 valence electrons. The first kappa shape index (κ1) is 18.5. The average Bonchev–Trinajstić information content (AvgIpc) is 2.63. The molecular weight excluding hydrogens is 316 g/mol. The van der Waals surface area contributed by atoms with Crippen molar-refractivity contribution in [2.75, 3.05) is 18.4 Å². The summed E-state index contributed by atoms with van der Waals surface area (Å²) in [4.78, 5) is 25.5. The van der Waals surface area contributed by atoms with E-state index >= 15 is 0 Å². The number of hydrogen-bond donors (Lipinski definition) is 1. The Bertz CT molecular complexity index is 680. The number of rotatable bonds is 8. The lowest BCUT2D eigenvalue weighted by molar-refractivity contribution is -0.134. The molecule has 0 atom stereocenters. The van der Waals surface area contributed by atoms with Crippen molar-refractivity contribution in [2.45, 2.75) is 26.9 Å². The molecule has 0 aliphatic carbocycles. The minimum Gasteiger partial charge on any atom is -0.489 e. The highest BCUT2D eigenvalue weighted by molar-refractivity contribution is 6.03. The van der Waals surface area contributed by atoms with Gasteiger partial charge in [0.15, 0.2) is 0 Å². The SMILES string of the molecule is CCN(CC)C(=O)CC(=O)Nc1ccc(OCc2ccccc2)cc1. The lowest BCUT2D eigenvalue weighted by atomic mass is 10.2. The van der Waals surface area contributed by atoms with Gasteiger partial charge in [-0.05, 0) is 43.7 Å². The second-order valence-corrected chi connectivity index (χ2v) is 5.59. The van der Waals surface area contributed by atoms with Gasteiger partial charge in [-0.3, -0.25) is 9.59 Å². The molecule has 0 saturated carbocycles. The Morgan fingerprint density at radius 3 is 2.20 bits per heavy atom. The fraction of sp³-hybridized carbons (Fsp3) is 0.300. The summed E-state index contributed by atoms with van der Waals surface area (Å²) < 4.78 is 5.70. The third-order valence-electron chi connectivity index (χ3n) is 3.81. The van der Waals surface area contributed by atoms with Crippen LogP contribution in [0.2, 0.25) is 0 Å². The molecule has 5 heteroatoms. The second kappa shape index (κ2) is 9.47. The van der Waals surface area contributed by atoms with Crippen LogP contribution in [0.3, 0.4) is 0 Å². The molecule has 0 unspecified atom stereocenters. The van der Waals surface area contributed by atoms with Crippen molar-refractivity contribution >= 4 is 17.5 Å². The minimum absolute atomic E-state index is 0.145. The summed E-state index contributed by atoms with van der Waals surface area (Å²) in [5, 5.41) is 2.73. The monoisotopic (exact) mass is 340 g/mol. The molecule has 0 fully saturated rings. The molecule has 2 aromatic rings. The summed E-state index contributed by atoms with van der Waals surface area (Å²) >= 11 is 0. The van der Waals surface area contributed by atoms with E-state index in [0.29, 0.717) is 25.4 Å². The molecule has 0 aromatic heterocycles. The maximum atomic E-state index is 12.0. The molecule has 0 bridgehead atoms. The van der Waals surface area contributed by atoms with E-state index in [2.05, 4.69) is 5.32 Å². The number of anilines is 1. The maximum absolute atomic E-state index is 12.0. The highest BCUT2D eigenvalue weighted by Crippen LogP contribution is 2.17. The van der Waals surface area contributed by atoms with Crippen molar-refractivity contribution in [3.8, 4) is 5.75 Å². The molecule has 25 heavy (non-hydrogen) atoms. The van der Waals surface area contributed by atoms with E-state index in [4.69, 9.17) is 4.74 Å². The van der Waals surface area contributed by atoms with Crippen LogP contribution >= 0.6 is 0 Å². The highest BCUT2D eigenvalue weighted by atomic mass is 16.5. The number of carbonyl (C=O) groups excluding carboxylic acids is 2. The molecule has 0 radical (unpaired) electrons. The minimum atomic E-state index is -0.310. The zero-order chi connectivity index (χ0) is 18.1. The van der Waals surface area contributed by atoms with Crippen LogP contribution in [0.4, 0.5) is 5.69 Å². The zero-order valence-corrected chi connectivity index (χ0v) is 14.7. The molecule has 2 aromatic carbocycles. The predicted molar refractivity (Wildman–Crippen MR) is 98.4 cm³/mol. The summed E-state index contributed by atoms with van der Waals surface area (Å²) in [6.07, 6.45) is -0.145. The number of ether oxygens (including phenoxy) is 1. The molecule has 5 nitrogen and oxygen atoms in total. The summed E-state index contributed by atoms with van der Waals surface area (Å²) in [7, 11) is 0. The zero-order valence-electron chi connectivity index (χ0n) is 14.7. The average molecular weight is 340 g/mol. The number of carbonyl (C=O) groups is 2. The van der Waals surface area contributed by atoms with Gasteiger partial charge in [-0.1, -0.05) is 30.3 Å². The van der Waals surface area contributed by atoms with Crippen LogP contribution in [0.25, 0.3) is 0 Å². The first-order valence-electron chi connectivity index (χ1n) is 8.46. The van der Waals surface area contributed by atoms with Crippen LogP contribution in [-0.2, 0) is 16.2 Å². The van der Waals surface area contributed by atoms with E-state index in [0.717, 1.165) is 11.3 Å². The van der Waals surface area contributed by atoms with Crippen LogP contribution in [0.1, 0.15) is 25.8 Å². The smallest absolute Gasteiger partial charge is 0.233 e. The van der Waals surface area contributed by atoms with Crippen LogP contribution in [0.5, 0.6) is 5.75 Å². The number of nitrogens with zero attached hydrogens (tertiary/aromatic N) is 1. The van der Waals surface area contributed by atoms with Gasteiger partial charge in [0, 0.05) is 18.8 Å². The van der Waals surface area contributed by atoms with Gasteiger partial charge in [0.2, 0.25) is 11.8 Å². The standard InChI is InChI=1S/C20H24N2O3/c1-3-22(4-2)20(24)14-19(23)21-17-10-12-18(13-11-17)25-15-16-8-6-5-7-9-16/h5-13H,3-4,14-15H2,1-2H3,(H,21,23). The Labute approximate surface area is 148 Å². The van der Waals surface area contributed by atoms with Gasteiger partial charge in [0.25, 0.3) is 0 Å². The van der Waals surface area contributed by atoms with Gasteiger partial charge in [-0.2, -0.15) is 0 Å². The summed E-state index contributed by atoms with van der Waals surface area (Å²) in [5.41, 5.74) is 1.74. The fourth-order valence-corrected chi connectivity index (χ4v) is 2.41. The maximum Gasteiger partial charge on any atom is 0.233 e. The number of hydrogen-bond acceptors (Lipinski definition) is 3. The fourth-order valence-electron chi connectivity index (χ4n) is 2.41. The molecule has 0 aliphatic heterocycles. The van der Waals surface area contributed by atoms with E-state index in [-0.39, 0.29) is 18.2 Å². The number of nitrogens with one attached hydrogen (secondary N) is 1. The Morgan fingerprint density at radius 1 is 0.960 bits per heavy atom. The van der Waals surface area contributed by atoms with E-state index in [1.807, 2.05) is 44.2 Å². The topological polar surface area (TPSA) is 58.6 Å². The third-order valence-corrected chi connectivity index (χ3v) is 3.81. The summed E-state index contributed by atoms with van der Waals surface area (Å²) in [6.45, 7) is 5.50. The van der Waals surface area contributed by atoms with E-state index in [9.17, 15) is 9.59 Å². The quantitative estimate of drug-likeness (QED) is 0.749. The molecular formula is C20H24N2O3. The van der Waals surface area contributed by atoms with Crippen LogP contribution < -0.4 is 10.1 Å². The van der Waals surface area contributed by atoms with Crippen LogP contribution in [0.15, 0.2) is 54.6 Å². The van der Waals surface area contributed by atoms with Crippen molar-refractivity contribution in [1.29, 1.82) is 0 Å². The van der Waals surface area contributed by atoms with Crippen LogP contribution in [0, 0.1) is 0 Å². The van der Waals surface area contributed by atoms with E-state index in [1.54, 1.807) is 29.2 Å². The van der Waals surface area contributed by atoms with Gasteiger partial charge in [-0.25, -0.2) is 0 Å². The molecule has 0 aliphatic rings. The van der Waals surface area contributed by atoms with Crippen LogP contribution in [-0.4, -0.2) is 29.8 Å². The van der Waals surface area contributed by atoms with Crippen molar-refractivity contribution in [1.82, 2.24) is 4.90 Å².